The van der Waals surface area contributed by atoms with Crippen LogP contribution in [0.1, 0.15) is 48.4 Å². The van der Waals surface area contributed by atoms with Crippen LogP contribution in [0.2, 0.25) is 0 Å². The molecule has 1 aliphatic heterocycles. The Kier molecular flexibility index (Phi) is 8.94. The fourth-order valence-electron chi connectivity index (χ4n) is 5.34. The van der Waals surface area contributed by atoms with E-state index in [0.717, 1.165) is 11.1 Å². The number of hydrogen-bond donors (Lipinski definition) is 4. The second-order valence-electron chi connectivity index (χ2n) is 10.6. The van der Waals surface area contributed by atoms with Gasteiger partial charge in [-0.1, -0.05) is 43.7 Å². The minimum atomic E-state index is -1.15. The highest BCUT2D eigenvalue weighted by Gasteiger charge is 2.51. The van der Waals surface area contributed by atoms with E-state index in [-0.39, 0.29) is 44.5 Å². The van der Waals surface area contributed by atoms with Gasteiger partial charge in [-0.2, -0.15) is 0 Å². The van der Waals surface area contributed by atoms with Crippen LogP contribution in [0.3, 0.4) is 0 Å². The number of aliphatic hydroxyl groups is 3. The number of nitrogens with one attached hydrogen (secondary N) is 1. The quantitative estimate of drug-likeness (QED) is 0.365. The van der Waals surface area contributed by atoms with Gasteiger partial charge in [0.2, 0.25) is 11.8 Å². The first-order valence-corrected chi connectivity index (χ1v) is 13.3. The molecule has 4 N–H and O–H groups in total. The van der Waals surface area contributed by atoms with Crippen LogP contribution in [-0.2, 0) is 22.7 Å². The average molecular weight is 539 g/mol. The fraction of sp³-hybridized carbons (Fsp3) is 0.467. The van der Waals surface area contributed by atoms with Gasteiger partial charge in [-0.15, -0.1) is 0 Å². The summed E-state index contributed by atoms with van der Waals surface area (Å²) in [6.45, 7) is 5.73. The lowest BCUT2D eigenvalue weighted by molar-refractivity contribution is -0.138. The maximum atomic E-state index is 13.6. The van der Waals surface area contributed by atoms with Gasteiger partial charge in [-0.25, -0.2) is 0 Å². The van der Waals surface area contributed by atoms with Crippen LogP contribution in [0.4, 0.5) is 0 Å². The molecule has 2 aromatic carbocycles. The van der Waals surface area contributed by atoms with Crippen molar-refractivity contribution in [3.63, 3.8) is 0 Å². The molecule has 0 fully saturated rings. The van der Waals surface area contributed by atoms with Crippen LogP contribution in [0.25, 0.3) is 0 Å². The minimum Gasteiger partial charge on any atom is -0.493 e. The van der Waals surface area contributed by atoms with Gasteiger partial charge in [0.15, 0.2) is 11.5 Å². The third-order valence-electron chi connectivity index (χ3n) is 7.23. The van der Waals surface area contributed by atoms with E-state index in [0.29, 0.717) is 28.2 Å². The van der Waals surface area contributed by atoms with Crippen LogP contribution >= 0.6 is 0 Å². The molecule has 0 aromatic heterocycles. The number of hydrogen-bond acceptors (Lipinski definition) is 7. The molecule has 0 unspecified atom stereocenters. The molecule has 2 aromatic rings. The molecule has 0 saturated carbocycles. The molecular weight excluding hydrogens is 500 g/mol. The predicted molar refractivity (Wildman–Crippen MR) is 145 cm³/mol. The van der Waals surface area contributed by atoms with Crippen molar-refractivity contribution in [2.45, 2.75) is 64.5 Å². The zero-order valence-electron chi connectivity index (χ0n) is 22.9. The number of fused-ring (bicyclic) bond motifs is 3. The normalized spacial score (nSPS) is 21.5. The third kappa shape index (κ3) is 5.95. The minimum absolute atomic E-state index is 0.0495. The van der Waals surface area contributed by atoms with E-state index in [1.807, 2.05) is 45.0 Å². The van der Waals surface area contributed by atoms with Crippen molar-refractivity contribution >= 4 is 11.8 Å². The van der Waals surface area contributed by atoms with E-state index in [1.54, 1.807) is 23.1 Å². The van der Waals surface area contributed by atoms with E-state index in [2.05, 4.69) is 5.32 Å². The van der Waals surface area contributed by atoms with Crippen molar-refractivity contribution < 1.29 is 34.4 Å². The lowest BCUT2D eigenvalue weighted by Gasteiger charge is -2.41. The first-order chi connectivity index (χ1) is 18.7. The maximum absolute atomic E-state index is 13.6. The molecule has 0 radical (unpaired) electrons. The SMILES string of the molecule is COc1cc(CO)cc2c1O[C@@H]1[C@@H](O)[C@H](N(Cc3ccc(C)cc3)C(=O)CC(C)C)C=C(C(=O)NCCO)[C@H]21. The van der Waals surface area contributed by atoms with Crippen molar-refractivity contribution in [1.82, 2.24) is 10.2 Å². The Bertz CT molecular complexity index is 1220. The molecule has 2 aliphatic rings. The van der Waals surface area contributed by atoms with E-state index in [4.69, 9.17) is 9.47 Å². The van der Waals surface area contributed by atoms with E-state index < -0.39 is 30.1 Å². The van der Waals surface area contributed by atoms with Gasteiger partial charge in [-0.3, -0.25) is 9.59 Å². The predicted octanol–water partition coefficient (Wildman–Crippen LogP) is 2.19. The zero-order chi connectivity index (χ0) is 28.3. The molecule has 4 atom stereocenters. The Labute approximate surface area is 229 Å². The highest BCUT2D eigenvalue weighted by atomic mass is 16.5. The molecule has 1 heterocycles. The highest BCUT2D eigenvalue weighted by Crippen LogP contribution is 2.51. The molecule has 4 rings (SSSR count). The van der Waals surface area contributed by atoms with Gasteiger partial charge < -0.3 is 35.0 Å². The molecule has 210 valence electrons. The third-order valence-corrected chi connectivity index (χ3v) is 7.23. The number of carbonyl (C=O) groups is 2. The molecule has 0 bridgehead atoms. The number of aliphatic hydroxyl groups excluding tert-OH is 3. The first-order valence-electron chi connectivity index (χ1n) is 13.3. The average Bonchev–Trinajstić information content (AvgIpc) is 3.31. The van der Waals surface area contributed by atoms with Crippen LogP contribution in [0.15, 0.2) is 48.0 Å². The van der Waals surface area contributed by atoms with Crippen molar-refractivity contribution in [3.05, 3.63) is 70.3 Å². The summed E-state index contributed by atoms with van der Waals surface area (Å²) in [4.78, 5) is 28.6. The fourth-order valence-corrected chi connectivity index (χ4v) is 5.34. The van der Waals surface area contributed by atoms with Gasteiger partial charge >= 0.3 is 0 Å². The number of ether oxygens (including phenoxy) is 2. The standard InChI is InChI=1S/C30H38N2O7/c1-17(2)11-25(35)32(15-19-7-5-18(3)6-8-19)23-14-22(30(37)31-9-10-33)26-21-12-20(16-34)13-24(38-4)28(21)39-29(26)27(23)36/h5-8,12-14,17,23,26-27,29,33-34,36H,9-11,15-16H2,1-4H3,(H,31,37)/t23-,26+,27+,29+/m1/s1. The number of amides is 2. The van der Waals surface area contributed by atoms with E-state index in [1.165, 1.54) is 7.11 Å². The van der Waals surface area contributed by atoms with E-state index in [9.17, 15) is 24.9 Å². The molecule has 2 amide bonds. The summed E-state index contributed by atoms with van der Waals surface area (Å²) in [5.41, 5.74) is 3.51. The van der Waals surface area contributed by atoms with Crippen molar-refractivity contribution in [2.75, 3.05) is 20.3 Å². The second kappa shape index (κ2) is 12.2. The Morgan fingerprint density at radius 3 is 2.46 bits per heavy atom. The van der Waals surface area contributed by atoms with Gasteiger partial charge in [0, 0.05) is 30.6 Å². The summed E-state index contributed by atoms with van der Waals surface area (Å²) in [5.74, 6) is -0.355. The molecule has 1 aliphatic carbocycles. The summed E-state index contributed by atoms with van der Waals surface area (Å²) in [6, 6.07) is 10.4. The molecule has 9 nitrogen and oxygen atoms in total. The van der Waals surface area contributed by atoms with Gasteiger partial charge in [0.1, 0.15) is 12.2 Å². The topological polar surface area (TPSA) is 129 Å². The Morgan fingerprint density at radius 1 is 1.13 bits per heavy atom. The van der Waals surface area contributed by atoms with Crippen molar-refractivity contribution in [1.29, 1.82) is 0 Å². The first kappa shape index (κ1) is 28.6. The molecule has 9 heteroatoms. The Hall–Kier alpha value is -3.40. The molecule has 0 spiro atoms. The van der Waals surface area contributed by atoms with Gasteiger partial charge in [-0.05, 0) is 42.2 Å². The summed E-state index contributed by atoms with van der Waals surface area (Å²) in [6.07, 6.45) is -0.0972. The summed E-state index contributed by atoms with van der Waals surface area (Å²) in [7, 11) is 1.49. The zero-order valence-corrected chi connectivity index (χ0v) is 22.9. The number of methoxy groups -OCH3 is 1. The number of rotatable bonds is 10. The Morgan fingerprint density at radius 2 is 1.85 bits per heavy atom. The summed E-state index contributed by atoms with van der Waals surface area (Å²) < 4.78 is 11.8. The maximum Gasteiger partial charge on any atom is 0.247 e. The van der Waals surface area contributed by atoms with Crippen molar-refractivity contribution in [2.24, 2.45) is 5.92 Å². The smallest absolute Gasteiger partial charge is 0.247 e. The Balaban J connectivity index is 1.81. The molecule has 0 saturated heterocycles. The van der Waals surface area contributed by atoms with Crippen LogP contribution < -0.4 is 14.8 Å². The van der Waals surface area contributed by atoms with Crippen LogP contribution in [0, 0.1) is 12.8 Å². The second-order valence-corrected chi connectivity index (χ2v) is 10.6. The van der Waals surface area contributed by atoms with Gasteiger partial charge in [0.25, 0.3) is 0 Å². The number of aryl methyl sites for hydroxylation is 1. The highest BCUT2D eigenvalue weighted by molar-refractivity contribution is 5.96. The largest absolute Gasteiger partial charge is 0.493 e. The number of carbonyl (C=O) groups excluding carboxylic acids is 2. The molecular formula is C30H38N2O7. The van der Waals surface area contributed by atoms with E-state index >= 15 is 0 Å². The summed E-state index contributed by atoms with van der Waals surface area (Å²) in [5, 5.41) is 33.6. The number of nitrogens with zero attached hydrogens (tertiary/aromatic N) is 1. The lowest BCUT2D eigenvalue weighted by atomic mass is 9.77. The number of benzene rings is 2. The van der Waals surface area contributed by atoms with Crippen LogP contribution in [0.5, 0.6) is 11.5 Å². The van der Waals surface area contributed by atoms with Crippen molar-refractivity contribution in [3.8, 4) is 11.5 Å². The molecule has 39 heavy (non-hydrogen) atoms. The van der Waals surface area contributed by atoms with Crippen LogP contribution in [-0.4, -0.2) is 70.5 Å². The monoisotopic (exact) mass is 538 g/mol. The lowest BCUT2D eigenvalue weighted by Crippen LogP contribution is -2.55. The summed E-state index contributed by atoms with van der Waals surface area (Å²) >= 11 is 0. The van der Waals surface area contributed by atoms with Gasteiger partial charge in [0.05, 0.1) is 32.3 Å².